The van der Waals surface area contributed by atoms with E-state index in [1.807, 2.05) is 0 Å². The van der Waals surface area contributed by atoms with Crippen LogP contribution < -0.4 is 0 Å². The molecule has 10 heavy (non-hydrogen) atoms. The molecule has 1 rings (SSSR count). The van der Waals surface area contributed by atoms with Crippen molar-refractivity contribution in [3.63, 3.8) is 0 Å². The topological polar surface area (TPSA) is 59.7 Å². The lowest BCUT2D eigenvalue weighted by Crippen LogP contribution is -2.10. The van der Waals surface area contributed by atoms with Gasteiger partial charge in [0.25, 0.3) is 0 Å². The van der Waals surface area contributed by atoms with Gasteiger partial charge in [0.15, 0.2) is 0 Å². The van der Waals surface area contributed by atoms with Crippen LogP contribution in [0, 0.1) is 5.53 Å². The van der Waals surface area contributed by atoms with Gasteiger partial charge < -0.3 is 0 Å². The predicted octanol–water partition coefficient (Wildman–Crippen LogP) is 1.63. The molecule has 0 bridgehead atoms. The molecule has 0 aromatic rings. The second kappa shape index (κ2) is 2.93. The van der Waals surface area contributed by atoms with Crippen molar-refractivity contribution in [2.45, 2.75) is 0 Å². The molecule has 0 atom stereocenters. The molecule has 0 spiro atoms. The molecule has 0 saturated carbocycles. The maximum absolute atomic E-state index is 8.98. The molecule has 0 aromatic heterocycles. The Bertz CT molecular complexity index is 217. The first-order valence-electron chi connectivity index (χ1n) is 2.74. The normalized spacial score (nSPS) is 20.1. The molecule has 0 amide bonds. The summed E-state index contributed by atoms with van der Waals surface area (Å²) in [6.45, 7) is 0. The molecule has 0 unspecified atom stereocenters. The Kier molecular flexibility index (Phi) is 1.96. The van der Waals surface area contributed by atoms with Crippen molar-refractivity contribution in [3.05, 3.63) is 36.3 Å². The minimum absolute atomic E-state index is 0.484. The third kappa shape index (κ3) is 1.29. The van der Waals surface area contributed by atoms with Crippen molar-refractivity contribution in [2.24, 2.45) is 5.11 Å². The predicted molar refractivity (Wildman–Crippen MR) is 35.1 cm³/mol. The highest BCUT2D eigenvalue weighted by Gasteiger charge is 2.00. The zero-order chi connectivity index (χ0) is 7.40. The van der Waals surface area contributed by atoms with E-state index in [2.05, 4.69) is 5.11 Å². The summed E-state index contributed by atoms with van der Waals surface area (Å²) >= 11 is 0. The Hall–Kier alpha value is -1.42. The molecular weight excluding hydrogens is 130 g/mol. The maximum Gasteiger partial charge on any atom is 0.0887 e. The fourth-order valence-corrected chi connectivity index (χ4v) is 0.616. The van der Waals surface area contributed by atoms with Crippen LogP contribution in [0.3, 0.4) is 0 Å². The number of allylic oxidation sites excluding steroid dienone is 3. The molecule has 1 aliphatic heterocycles. The number of hydrogen-bond donors (Lipinski definition) is 2. The van der Waals surface area contributed by atoms with Crippen molar-refractivity contribution in [3.8, 4) is 0 Å². The monoisotopic (exact) mass is 137 g/mol. The summed E-state index contributed by atoms with van der Waals surface area (Å²) in [4.78, 5) is 0. The maximum atomic E-state index is 8.98. The quantitative estimate of drug-likeness (QED) is 0.539. The van der Waals surface area contributed by atoms with Crippen molar-refractivity contribution >= 4 is 0 Å². The van der Waals surface area contributed by atoms with E-state index in [-0.39, 0.29) is 0 Å². The standard InChI is InChI=1S/C6H7N3O/c7-8-5-6-3-1-2-4-9(6)10/h1-5,7,10H/b6-5-,8-7?. The summed E-state index contributed by atoms with van der Waals surface area (Å²) in [5.74, 6) is 0. The van der Waals surface area contributed by atoms with Crippen molar-refractivity contribution in [1.82, 2.24) is 5.06 Å². The van der Waals surface area contributed by atoms with Crippen LogP contribution in [0.1, 0.15) is 0 Å². The first-order chi connectivity index (χ1) is 4.84. The van der Waals surface area contributed by atoms with Gasteiger partial charge in [0.05, 0.1) is 11.9 Å². The molecule has 52 valence electrons. The third-order valence-corrected chi connectivity index (χ3v) is 1.07. The summed E-state index contributed by atoms with van der Waals surface area (Å²) in [7, 11) is 0. The van der Waals surface area contributed by atoms with Crippen LogP contribution in [0.4, 0.5) is 0 Å². The van der Waals surface area contributed by atoms with Gasteiger partial charge >= 0.3 is 0 Å². The minimum Gasteiger partial charge on any atom is -0.284 e. The molecule has 2 N–H and O–H groups in total. The number of hydroxylamine groups is 2. The second-order valence-corrected chi connectivity index (χ2v) is 1.73. The molecule has 0 saturated heterocycles. The van der Waals surface area contributed by atoms with Crippen LogP contribution in [0.15, 0.2) is 41.4 Å². The van der Waals surface area contributed by atoms with E-state index in [1.165, 1.54) is 12.4 Å². The van der Waals surface area contributed by atoms with Crippen LogP contribution >= 0.6 is 0 Å². The summed E-state index contributed by atoms with van der Waals surface area (Å²) in [6.07, 6.45) is 7.81. The van der Waals surface area contributed by atoms with E-state index in [0.717, 1.165) is 5.06 Å². The molecule has 0 radical (unpaired) electrons. The first kappa shape index (κ1) is 6.70. The van der Waals surface area contributed by atoms with Crippen LogP contribution in [0.25, 0.3) is 0 Å². The first-order valence-corrected chi connectivity index (χ1v) is 2.74. The Morgan fingerprint density at radius 1 is 1.60 bits per heavy atom. The van der Waals surface area contributed by atoms with Gasteiger partial charge in [-0.05, 0) is 12.2 Å². The Labute approximate surface area is 58.2 Å². The fraction of sp³-hybridized carbons (Fsp3) is 0. The second-order valence-electron chi connectivity index (χ2n) is 1.73. The highest BCUT2D eigenvalue weighted by molar-refractivity contribution is 5.25. The molecule has 1 aliphatic rings. The molecule has 1 heterocycles. The van der Waals surface area contributed by atoms with Crippen molar-refractivity contribution in [2.75, 3.05) is 0 Å². The lowest BCUT2D eigenvalue weighted by Gasteiger charge is -2.13. The van der Waals surface area contributed by atoms with Gasteiger partial charge in [-0.15, -0.1) is 0 Å². The zero-order valence-electron chi connectivity index (χ0n) is 5.23. The lowest BCUT2D eigenvalue weighted by atomic mass is 10.3. The largest absolute Gasteiger partial charge is 0.284 e. The summed E-state index contributed by atoms with van der Waals surface area (Å²) in [5.41, 5.74) is 6.97. The Morgan fingerprint density at radius 3 is 3.00 bits per heavy atom. The molecular formula is C6H7N3O. The zero-order valence-corrected chi connectivity index (χ0v) is 5.23. The number of hydrogen-bond acceptors (Lipinski definition) is 4. The Morgan fingerprint density at radius 2 is 2.40 bits per heavy atom. The third-order valence-electron chi connectivity index (χ3n) is 1.07. The van der Waals surface area contributed by atoms with Crippen molar-refractivity contribution in [1.29, 1.82) is 5.53 Å². The van der Waals surface area contributed by atoms with Crippen LogP contribution in [-0.4, -0.2) is 10.3 Å². The smallest absolute Gasteiger partial charge is 0.0887 e. The van der Waals surface area contributed by atoms with E-state index in [1.54, 1.807) is 18.2 Å². The number of rotatable bonds is 1. The highest BCUT2D eigenvalue weighted by Crippen LogP contribution is 2.08. The molecule has 0 fully saturated rings. The van der Waals surface area contributed by atoms with E-state index < -0.39 is 0 Å². The molecule has 4 nitrogen and oxygen atoms in total. The Balaban J connectivity index is 2.79. The molecule has 0 aliphatic carbocycles. The summed E-state index contributed by atoms with van der Waals surface area (Å²) < 4.78 is 0. The van der Waals surface area contributed by atoms with Gasteiger partial charge in [-0.3, -0.25) is 5.21 Å². The fourth-order valence-electron chi connectivity index (χ4n) is 0.616. The van der Waals surface area contributed by atoms with E-state index >= 15 is 0 Å². The van der Waals surface area contributed by atoms with E-state index in [4.69, 9.17) is 10.7 Å². The van der Waals surface area contributed by atoms with Gasteiger partial charge in [0, 0.05) is 6.20 Å². The molecule has 4 heteroatoms. The number of nitrogens with one attached hydrogen (secondary N) is 1. The van der Waals surface area contributed by atoms with Crippen LogP contribution in [-0.2, 0) is 0 Å². The van der Waals surface area contributed by atoms with Gasteiger partial charge in [-0.2, -0.15) is 5.11 Å². The van der Waals surface area contributed by atoms with E-state index in [0.29, 0.717) is 5.70 Å². The minimum atomic E-state index is 0.484. The van der Waals surface area contributed by atoms with Gasteiger partial charge in [0.1, 0.15) is 0 Å². The summed E-state index contributed by atoms with van der Waals surface area (Å²) in [5, 5.41) is 12.9. The average Bonchev–Trinajstić information content (AvgIpc) is 1.94. The number of nitrogens with zero attached hydrogens (tertiary/aromatic N) is 2. The van der Waals surface area contributed by atoms with Crippen LogP contribution in [0.2, 0.25) is 0 Å². The lowest BCUT2D eigenvalue weighted by molar-refractivity contribution is -0.000540. The SMILES string of the molecule is N=N/C=C1/C=CC=CN1O. The van der Waals surface area contributed by atoms with E-state index in [9.17, 15) is 0 Å². The van der Waals surface area contributed by atoms with Crippen molar-refractivity contribution < 1.29 is 5.21 Å². The highest BCUT2D eigenvalue weighted by atomic mass is 16.5. The average molecular weight is 137 g/mol. The van der Waals surface area contributed by atoms with Crippen LogP contribution in [0.5, 0.6) is 0 Å². The summed E-state index contributed by atoms with van der Waals surface area (Å²) in [6, 6.07) is 0. The van der Waals surface area contributed by atoms with Gasteiger partial charge in [-0.1, -0.05) is 6.08 Å². The van der Waals surface area contributed by atoms with Gasteiger partial charge in [0.2, 0.25) is 0 Å². The molecule has 0 aromatic carbocycles. The van der Waals surface area contributed by atoms with Gasteiger partial charge in [-0.25, -0.2) is 10.6 Å².